The SMILES string of the molecule is Cc1noc(C)c1COc1cccc(C(=O)N2CCC[C@@H]2c2cccs2)c1. The highest BCUT2D eigenvalue weighted by molar-refractivity contribution is 7.10. The van der Waals surface area contributed by atoms with Crippen LogP contribution in [0, 0.1) is 13.8 Å². The Labute approximate surface area is 162 Å². The topological polar surface area (TPSA) is 55.6 Å². The van der Waals surface area contributed by atoms with E-state index in [0.717, 1.165) is 36.4 Å². The molecule has 3 aromatic rings. The predicted octanol–water partition coefficient (Wildman–Crippen LogP) is 4.91. The molecule has 0 N–H and O–H groups in total. The first-order valence-corrected chi connectivity index (χ1v) is 10.0. The highest BCUT2D eigenvalue weighted by Gasteiger charge is 2.31. The van der Waals surface area contributed by atoms with E-state index in [1.54, 1.807) is 11.3 Å². The van der Waals surface area contributed by atoms with Crippen molar-refractivity contribution in [3.05, 3.63) is 69.2 Å². The molecule has 0 unspecified atom stereocenters. The van der Waals surface area contributed by atoms with Gasteiger partial charge in [0.25, 0.3) is 5.91 Å². The molecule has 4 rings (SSSR count). The normalized spacial score (nSPS) is 16.7. The molecule has 6 heteroatoms. The average Bonchev–Trinajstić information content (AvgIpc) is 3.41. The van der Waals surface area contributed by atoms with E-state index in [4.69, 9.17) is 9.26 Å². The van der Waals surface area contributed by atoms with Crippen molar-refractivity contribution in [2.75, 3.05) is 6.54 Å². The van der Waals surface area contributed by atoms with E-state index < -0.39 is 0 Å². The second kappa shape index (κ2) is 7.56. The Balaban J connectivity index is 1.49. The monoisotopic (exact) mass is 382 g/mol. The first-order chi connectivity index (χ1) is 13.1. The zero-order valence-electron chi connectivity index (χ0n) is 15.5. The number of rotatable bonds is 5. The Morgan fingerprint density at radius 3 is 2.96 bits per heavy atom. The minimum Gasteiger partial charge on any atom is -0.489 e. The van der Waals surface area contributed by atoms with Crippen molar-refractivity contribution in [3.63, 3.8) is 0 Å². The lowest BCUT2D eigenvalue weighted by Crippen LogP contribution is -2.30. The molecule has 0 bridgehead atoms. The summed E-state index contributed by atoms with van der Waals surface area (Å²) in [6.07, 6.45) is 2.06. The molecule has 0 saturated carbocycles. The molecule has 1 atom stereocenters. The van der Waals surface area contributed by atoms with Crippen molar-refractivity contribution in [3.8, 4) is 5.75 Å². The van der Waals surface area contributed by atoms with Crippen LogP contribution in [-0.4, -0.2) is 22.5 Å². The van der Waals surface area contributed by atoms with Gasteiger partial charge in [0.2, 0.25) is 0 Å². The Bertz CT molecular complexity index is 913. The maximum absolute atomic E-state index is 13.1. The molecule has 140 valence electrons. The highest BCUT2D eigenvalue weighted by Crippen LogP contribution is 2.35. The number of hydrogen-bond acceptors (Lipinski definition) is 5. The van der Waals surface area contributed by atoms with E-state index >= 15 is 0 Å². The second-order valence-corrected chi connectivity index (χ2v) is 7.77. The van der Waals surface area contributed by atoms with Crippen LogP contribution >= 0.6 is 11.3 Å². The zero-order valence-corrected chi connectivity index (χ0v) is 16.3. The third-order valence-corrected chi connectivity index (χ3v) is 6.00. The standard InChI is InChI=1S/C21H22N2O3S/c1-14-18(15(2)26-22-14)13-25-17-7-3-6-16(12-17)21(24)23-10-4-8-19(23)20-9-5-11-27-20/h3,5-7,9,11-12,19H,4,8,10,13H2,1-2H3/t19-/m1/s1. The van der Waals surface area contributed by atoms with E-state index in [-0.39, 0.29) is 11.9 Å². The lowest BCUT2D eigenvalue weighted by atomic mass is 10.1. The van der Waals surface area contributed by atoms with Gasteiger partial charge in [-0.05, 0) is 56.3 Å². The number of amides is 1. The fourth-order valence-electron chi connectivity index (χ4n) is 3.53. The molecular formula is C21H22N2O3S. The number of aryl methyl sites for hydroxylation is 2. The number of carbonyl (C=O) groups is 1. The van der Waals surface area contributed by atoms with Gasteiger partial charge >= 0.3 is 0 Å². The Hall–Kier alpha value is -2.60. The van der Waals surface area contributed by atoms with Gasteiger partial charge in [-0.1, -0.05) is 17.3 Å². The van der Waals surface area contributed by atoms with Crippen LogP contribution in [0.5, 0.6) is 5.75 Å². The van der Waals surface area contributed by atoms with Gasteiger partial charge in [0.1, 0.15) is 18.1 Å². The van der Waals surface area contributed by atoms with Crippen LogP contribution in [0.15, 0.2) is 46.3 Å². The third-order valence-electron chi connectivity index (χ3n) is 5.03. The molecule has 1 fully saturated rings. The predicted molar refractivity (Wildman–Crippen MR) is 104 cm³/mol. The van der Waals surface area contributed by atoms with E-state index in [1.807, 2.05) is 49.1 Å². The second-order valence-electron chi connectivity index (χ2n) is 6.79. The van der Waals surface area contributed by atoms with Gasteiger partial charge in [0, 0.05) is 17.0 Å². The lowest BCUT2D eigenvalue weighted by molar-refractivity contribution is 0.0737. The maximum atomic E-state index is 13.1. The molecule has 0 spiro atoms. The van der Waals surface area contributed by atoms with Gasteiger partial charge < -0.3 is 14.2 Å². The first-order valence-electron chi connectivity index (χ1n) is 9.12. The van der Waals surface area contributed by atoms with Crippen molar-refractivity contribution in [2.24, 2.45) is 0 Å². The molecule has 1 amide bonds. The summed E-state index contributed by atoms with van der Waals surface area (Å²) in [5.74, 6) is 1.50. The molecule has 1 aromatic carbocycles. The number of carbonyl (C=O) groups excluding carboxylic acids is 1. The van der Waals surface area contributed by atoms with Gasteiger partial charge in [0.15, 0.2) is 0 Å². The minimum absolute atomic E-state index is 0.0636. The molecule has 5 nitrogen and oxygen atoms in total. The Morgan fingerprint density at radius 1 is 1.33 bits per heavy atom. The number of likely N-dealkylation sites (tertiary alicyclic amines) is 1. The summed E-state index contributed by atoms with van der Waals surface area (Å²) in [7, 11) is 0. The van der Waals surface area contributed by atoms with Crippen molar-refractivity contribution < 1.29 is 14.1 Å². The van der Waals surface area contributed by atoms with Crippen molar-refractivity contribution in [1.29, 1.82) is 0 Å². The number of benzene rings is 1. The Morgan fingerprint density at radius 2 is 2.22 bits per heavy atom. The molecule has 27 heavy (non-hydrogen) atoms. The quantitative estimate of drug-likeness (QED) is 0.629. The van der Waals surface area contributed by atoms with Gasteiger partial charge in [-0.2, -0.15) is 0 Å². The molecule has 0 radical (unpaired) electrons. The molecule has 1 aliphatic rings. The summed E-state index contributed by atoms with van der Waals surface area (Å²) in [4.78, 5) is 16.3. The molecule has 2 aromatic heterocycles. The molecule has 1 saturated heterocycles. The van der Waals surface area contributed by atoms with Crippen LogP contribution in [0.4, 0.5) is 0 Å². The fraction of sp³-hybridized carbons (Fsp3) is 0.333. The average molecular weight is 382 g/mol. The summed E-state index contributed by atoms with van der Waals surface area (Å²) in [5.41, 5.74) is 2.44. The van der Waals surface area contributed by atoms with Crippen molar-refractivity contribution in [2.45, 2.75) is 39.3 Å². The minimum atomic E-state index is 0.0636. The van der Waals surface area contributed by atoms with Gasteiger partial charge in [-0.3, -0.25) is 4.79 Å². The highest BCUT2D eigenvalue weighted by atomic mass is 32.1. The van der Waals surface area contributed by atoms with Gasteiger partial charge in [-0.25, -0.2) is 0 Å². The van der Waals surface area contributed by atoms with E-state index in [0.29, 0.717) is 17.9 Å². The maximum Gasteiger partial charge on any atom is 0.254 e. The van der Waals surface area contributed by atoms with Crippen LogP contribution in [0.25, 0.3) is 0 Å². The van der Waals surface area contributed by atoms with Gasteiger partial charge in [-0.15, -0.1) is 11.3 Å². The number of nitrogens with zero attached hydrogens (tertiary/aromatic N) is 2. The number of thiophene rings is 1. The molecular weight excluding hydrogens is 360 g/mol. The number of aromatic nitrogens is 1. The summed E-state index contributed by atoms with van der Waals surface area (Å²) < 4.78 is 11.1. The molecule has 1 aliphatic heterocycles. The van der Waals surface area contributed by atoms with E-state index in [1.165, 1.54) is 4.88 Å². The summed E-state index contributed by atoms with van der Waals surface area (Å²) in [6, 6.07) is 11.8. The largest absolute Gasteiger partial charge is 0.489 e. The summed E-state index contributed by atoms with van der Waals surface area (Å²) >= 11 is 1.72. The van der Waals surface area contributed by atoms with Crippen molar-refractivity contribution >= 4 is 17.2 Å². The molecule has 3 heterocycles. The first kappa shape index (κ1) is 17.8. The smallest absolute Gasteiger partial charge is 0.254 e. The van der Waals surface area contributed by atoms with Crippen LogP contribution < -0.4 is 4.74 Å². The number of ether oxygens (including phenoxy) is 1. The van der Waals surface area contributed by atoms with Gasteiger partial charge in [0.05, 0.1) is 17.3 Å². The van der Waals surface area contributed by atoms with Crippen LogP contribution in [0.3, 0.4) is 0 Å². The zero-order chi connectivity index (χ0) is 18.8. The third kappa shape index (κ3) is 3.62. The van der Waals surface area contributed by atoms with E-state index in [9.17, 15) is 4.79 Å². The summed E-state index contributed by atoms with van der Waals surface area (Å²) in [5, 5.41) is 6.01. The number of hydrogen-bond donors (Lipinski definition) is 0. The lowest BCUT2D eigenvalue weighted by Gasteiger charge is -2.24. The summed E-state index contributed by atoms with van der Waals surface area (Å²) in [6.45, 7) is 4.94. The van der Waals surface area contributed by atoms with Crippen LogP contribution in [0.1, 0.15) is 51.1 Å². The van der Waals surface area contributed by atoms with E-state index in [2.05, 4.69) is 16.6 Å². The van der Waals surface area contributed by atoms with Crippen LogP contribution in [0.2, 0.25) is 0 Å². The molecule has 0 aliphatic carbocycles. The Kier molecular flexibility index (Phi) is 4.99. The van der Waals surface area contributed by atoms with Crippen molar-refractivity contribution in [1.82, 2.24) is 10.1 Å². The fourth-order valence-corrected chi connectivity index (χ4v) is 4.41. The van der Waals surface area contributed by atoms with Crippen LogP contribution in [-0.2, 0) is 6.61 Å².